The van der Waals surface area contributed by atoms with E-state index >= 15 is 0 Å². The fourth-order valence-electron chi connectivity index (χ4n) is 4.56. The molecule has 0 N–H and O–H groups in total. The van der Waals surface area contributed by atoms with E-state index in [1.165, 1.54) is 28.9 Å². The highest BCUT2D eigenvalue weighted by molar-refractivity contribution is 6.27. The lowest BCUT2D eigenvalue weighted by Crippen LogP contribution is -2.42. The molecule has 43 heavy (non-hydrogen) atoms. The predicted molar refractivity (Wildman–Crippen MR) is 165 cm³/mol. The molecule has 11 heteroatoms. The summed E-state index contributed by atoms with van der Waals surface area (Å²) in [7, 11) is 0. The van der Waals surface area contributed by atoms with E-state index in [4.69, 9.17) is 21.1 Å². The molecule has 1 aromatic carbocycles. The lowest BCUT2D eigenvalue weighted by molar-refractivity contribution is -0.156. The molecule has 2 aromatic rings. The number of benzene rings is 1. The van der Waals surface area contributed by atoms with E-state index in [-0.39, 0.29) is 24.4 Å². The van der Waals surface area contributed by atoms with Crippen molar-refractivity contribution in [3.8, 4) is 11.4 Å². The molecule has 5 rings (SSSR count). The number of esters is 1. The number of carbonyl (C=O) groups is 3. The highest BCUT2D eigenvalue weighted by atomic mass is 35.5. The van der Waals surface area contributed by atoms with E-state index in [0.717, 1.165) is 37.2 Å². The van der Waals surface area contributed by atoms with Crippen LogP contribution < -0.4 is 0 Å². The van der Waals surface area contributed by atoms with Gasteiger partial charge >= 0.3 is 12.1 Å². The largest absolute Gasteiger partial charge is 0.459 e. The van der Waals surface area contributed by atoms with Crippen LogP contribution in [-0.2, 0) is 19.1 Å². The average molecular weight is 614 g/mol. The lowest BCUT2D eigenvalue weighted by Gasteiger charge is -2.28. The van der Waals surface area contributed by atoms with Gasteiger partial charge in [-0.1, -0.05) is 30.3 Å². The van der Waals surface area contributed by atoms with Crippen molar-refractivity contribution in [3.05, 3.63) is 42.2 Å². The van der Waals surface area contributed by atoms with Crippen molar-refractivity contribution < 1.29 is 23.9 Å². The molecule has 0 atom stereocenters. The fraction of sp³-hybridized carbons (Fsp3) is 0.594. The number of amides is 2. The van der Waals surface area contributed by atoms with Crippen molar-refractivity contribution in [2.45, 2.75) is 96.9 Å². The predicted octanol–water partition coefficient (Wildman–Crippen LogP) is 5.86. The van der Waals surface area contributed by atoms with Gasteiger partial charge in [0.1, 0.15) is 30.0 Å². The summed E-state index contributed by atoms with van der Waals surface area (Å²) in [5.74, 6) is 0.438. The van der Waals surface area contributed by atoms with Crippen molar-refractivity contribution in [3.63, 3.8) is 0 Å². The molecule has 0 spiro atoms. The number of nitrogens with zero attached hydrogens (tertiary/aromatic N) is 5. The molecule has 2 aliphatic carbocycles. The van der Waals surface area contributed by atoms with Gasteiger partial charge in [0.05, 0.1) is 6.04 Å². The molecule has 10 nitrogen and oxygen atoms in total. The molecule has 234 valence electrons. The smallest absolute Gasteiger partial charge is 0.411 e. The number of rotatable bonds is 7. The third kappa shape index (κ3) is 10.1. The minimum absolute atomic E-state index is 0.000335. The Morgan fingerprint density at radius 2 is 1.58 bits per heavy atom. The Kier molecular flexibility index (Phi) is 10.2. The summed E-state index contributed by atoms with van der Waals surface area (Å²) in [5.41, 5.74) is 2.40. The first-order valence-corrected chi connectivity index (χ1v) is 15.5. The van der Waals surface area contributed by atoms with E-state index in [1.807, 2.05) is 31.8 Å². The highest BCUT2D eigenvalue weighted by Gasteiger charge is 2.37. The van der Waals surface area contributed by atoms with Crippen molar-refractivity contribution >= 4 is 35.1 Å². The number of hydrogen-bond donors (Lipinski definition) is 0. The van der Waals surface area contributed by atoms with Crippen LogP contribution in [0.15, 0.2) is 36.7 Å². The van der Waals surface area contributed by atoms with E-state index in [1.54, 1.807) is 25.7 Å². The Hall–Kier alpha value is -3.40. The van der Waals surface area contributed by atoms with Gasteiger partial charge in [0.15, 0.2) is 5.82 Å². The van der Waals surface area contributed by atoms with Gasteiger partial charge < -0.3 is 14.4 Å². The first-order chi connectivity index (χ1) is 20.2. The minimum Gasteiger partial charge on any atom is -0.459 e. The van der Waals surface area contributed by atoms with Crippen LogP contribution in [-0.4, -0.2) is 85.3 Å². The zero-order valence-electron chi connectivity index (χ0n) is 26.1. The molecule has 2 amide bonds. The number of alkyl halides is 1. The first kappa shape index (κ1) is 32.5. The second-order valence-corrected chi connectivity index (χ2v) is 13.5. The molecule has 2 fully saturated rings. The molecule has 0 bridgehead atoms. The fourth-order valence-corrected chi connectivity index (χ4v) is 4.73. The molecular weight excluding hydrogens is 570 g/mol. The normalized spacial score (nSPS) is 16.9. The van der Waals surface area contributed by atoms with E-state index in [0.29, 0.717) is 12.6 Å². The molecule has 0 unspecified atom stereocenters. The number of ether oxygens (including phenoxy) is 2. The van der Waals surface area contributed by atoms with Crippen molar-refractivity contribution in [2.24, 2.45) is 0 Å². The van der Waals surface area contributed by atoms with Crippen LogP contribution in [0.2, 0.25) is 0 Å². The Morgan fingerprint density at radius 1 is 0.953 bits per heavy atom. The van der Waals surface area contributed by atoms with E-state index < -0.39 is 23.3 Å². The minimum atomic E-state index is -0.557. The second kappa shape index (κ2) is 13.5. The van der Waals surface area contributed by atoms with Gasteiger partial charge in [0.25, 0.3) is 0 Å². The van der Waals surface area contributed by atoms with Crippen molar-refractivity contribution in [2.75, 3.05) is 25.5 Å². The number of carbonyl (C=O) groups excluding carboxylic acids is 3. The molecule has 3 aliphatic rings. The Bertz CT molecular complexity index is 1320. The Morgan fingerprint density at radius 3 is 2.09 bits per heavy atom. The quantitative estimate of drug-likeness (QED) is 0.284. The molecule has 0 saturated heterocycles. The highest BCUT2D eigenvalue weighted by Crippen LogP contribution is 2.34. The first-order valence-electron chi connectivity index (χ1n) is 15.0. The molecule has 2 heterocycles. The van der Waals surface area contributed by atoms with E-state index in [2.05, 4.69) is 40.4 Å². The van der Waals surface area contributed by atoms with Crippen LogP contribution in [0.3, 0.4) is 0 Å². The van der Waals surface area contributed by atoms with Crippen LogP contribution in [0.5, 0.6) is 0 Å². The molecule has 1 aliphatic heterocycles. The summed E-state index contributed by atoms with van der Waals surface area (Å²) in [5, 5.41) is 4.56. The molecule has 2 saturated carbocycles. The molecule has 1 aromatic heterocycles. The molecular formula is C32H44ClN5O5. The monoisotopic (exact) mass is 613 g/mol. The SMILES string of the molecule is CC(C)(C)OC(=O)CN(C(=O)OC(C)(C)C)C1CC1.O=C(CCl)N1CC=C(c2ccc(-c3ncn(C4CC4)n3)cc2)CC1. The van der Waals surface area contributed by atoms with Gasteiger partial charge in [-0.15, -0.1) is 11.6 Å². The topological polar surface area (TPSA) is 107 Å². The number of hydrogen-bond acceptors (Lipinski definition) is 7. The zero-order chi connectivity index (χ0) is 31.4. The lowest BCUT2D eigenvalue weighted by atomic mass is 9.98. The second-order valence-electron chi connectivity index (χ2n) is 13.2. The molecule has 0 radical (unpaired) electrons. The third-order valence-corrected chi connectivity index (χ3v) is 7.18. The van der Waals surface area contributed by atoms with Gasteiger partial charge in [-0.2, -0.15) is 5.10 Å². The van der Waals surface area contributed by atoms with Gasteiger partial charge in [0.2, 0.25) is 5.91 Å². The van der Waals surface area contributed by atoms with Gasteiger partial charge in [0, 0.05) is 24.7 Å². The summed E-state index contributed by atoms with van der Waals surface area (Å²) < 4.78 is 12.5. The summed E-state index contributed by atoms with van der Waals surface area (Å²) in [6, 6.07) is 9.02. The van der Waals surface area contributed by atoms with Crippen LogP contribution >= 0.6 is 11.6 Å². The summed E-state index contributed by atoms with van der Waals surface area (Å²) in [4.78, 5) is 43.1. The summed E-state index contributed by atoms with van der Waals surface area (Å²) >= 11 is 5.61. The zero-order valence-corrected chi connectivity index (χ0v) is 26.9. The van der Waals surface area contributed by atoms with Gasteiger partial charge in [-0.25, -0.2) is 14.5 Å². The summed E-state index contributed by atoms with van der Waals surface area (Å²) in [6.45, 7) is 12.2. The standard InChI is InChI=1S/C18H19ClN4O.C14H25NO4/c19-11-17(24)22-9-7-14(8-10-22)13-1-3-15(4-2-13)18-20-12-23(21-18)16-5-6-16;1-13(2,3)18-11(16)9-15(10-7-8-10)12(17)19-14(4,5)6/h1-4,7,12,16H,5-6,8-11H2;10H,7-9H2,1-6H3. The third-order valence-electron chi connectivity index (χ3n) is 6.95. The maximum Gasteiger partial charge on any atom is 0.411 e. The van der Waals surface area contributed by atoms with Crippen LogP contribution in [0, 0.1) is 0 Å². The van der Waals surface area contributed by atoms with Gasteiger partial charge in [-0.05, 0) is 84.8 Å². The van der Waals surface area contributed by atoms with Crippen LogP contribution in [0.4, 0.5) is 4.79 Å². The Balaban J connectivity index is 0.000000204. The summed E-state index contributed by atoms with van der Waals surface area (Å²) in [6.07, 6.45) is 8.61. The average Bonchev–Trinajstić information content (AvgIpc) is 3.89. The number of aromatic nitrogens is 3. The maximum atomic E-state index is 12.0. The van der Waals surface area contributed by atoms with Crippen LogP contribution in [0.1, 0.15) is 85.3 Å². The van der Waals surface area contributed by atoms with Crippen molar-refractivity contribution in [1.82, 2.24) is 24.6 Å². The maximum absolute atomic E-state index is 12.0. The van der Waals surface area contributed by atoms with Gasteiger partial charge in [-0.3, -0.25) is 14.5 Å². The van der Waals surface area contributed by atoms with Crippen LogP contribution in [0.25, 0.3) is 17.0 Å². The van der Waals surface area contributed by atoms with Crippen molar-refractivity contribution in [1.29, 1.82) is 0 Å². The Labute approximate surface area is 259 Å². The van der Waals surface area contributed by atoms with E-state index in [9.17, 15) is 14.4 Å². The number of halogens is 1.